The molecular weight excluding hydrogens is 220 g/mol. The summed E-state index contributed by atoms with van der Waals surface area (Å²) in [7, 11) is 1.65. The van der Waals surface area contributed by atoms with Gasteiger partial charge in [-0.25, -0.2) is 0 Å². The molecule has 0 radical (unpaired) electrons. The molecule has 17 heavy (non-hydrogen) atoms. The number of ether oxygens (including phenoxy) is 2. The molecular formula is C12H26N2O3. The lowest BCUT2D eigenvalue weighted by molar-refractivity contribution is -0.121. The molecule has 0 aliphatic rings. The highest BCUT2D eigenvalue weighted by Crippen LogP contribution is 1.94. The molecule has 0 rings (SSSR count). The van der Waals surface area contributed by atoms with E-state index in [9.17, 15) is 4.79 Å². The topological polar surface area (TPSA) is 73.6 Å². The maximum Gasteiger partial charge on any atom is 0.220 e. The minimum atomic E-state index is 0.0857. The van der Waals surface area contributed by atoms with E-state index in [2.05, 4.69) is 5.32 Å². The van der Waals surface area contributed by atoms with Crippen LogP contribution in [0.3, 0.4) is 0 Å². The van der Waals surface area contributed by atoms with Crippen LogP contribution in [0, 0.1) is 0 Å². The third-order valence-corrected chi connectivity index (χ3v) is 2.30. The minimum Gasteiger partial charge on any atom is -0.382 e. The zero-order valence-corrected chi connectivity index (χ0v) is 11.0. The van der Waals surface area contributed by atoms with Gasteiger partial charge in [-0.2, -0.15) is 0 Å². The van der Waals surface area contributed by atoms with Gasteiger partial charge >= 0.3 is 0 Å². The van der Waals surface area contributed by atoms with Crippen molar-refractivity contribution in [1.29, 1.82) is 0 Å². The van der Waals surface area contributed by atoms with Crippen LogP contribution < -0.4 is 11.1 Å². The van der Waals surface area contributed by atoms with Crippen molar-refractivity contribution in [1.82, 2.24) is 5.32 Å². The number of hydrogen-bond acceptors (Lipinski definition) is 4. The lowest BCUT2D eigenvalue weighted by Gasteiger charge is -2.07. The summed E-state index contributed by atoms with van der Waals surface area (Å²) in [6.45, 7) is 4.61. The Morgan fingerprint density at radius 1 is 1.29 bits per heavy atom. The Morgan fingerprint density at radius 3 is 2.71 bits per heavy atom. The van der Waals surface area contributed by atoms with Crippen molar-refractivity contribution in [3.8, 4) is 0 Å². The molecule has 1 unspecified atom stereocenters. The molecule has 5 heteroatoms. The smallest absolute Gasteiger partial charge is 0.220 e. The van der Waals surface area contributed by atoms with E-state index >= 15 is 0 Å². The van der Waals surface area contributed by atoms with Gasteiger partial charge in [0, 0.05) is 32.7 Å². The molecule has 0 aromatic carbocycles. The van der Waals surface area contributed by atoms with E-state index in [1.54, 1.807) is 7.11 Å². The van der Waals surface area contributed by atoms with Crippen molar-refractivity contribution >= 4 is 5.91 Å². The molecule has 0 saturated heterocycles. The fraction of sp³-hybridized carbons (Fsp3) is 0.917. The summed E-state index contributed by atoms with van der Waals surface area (Å²) in [5.41, 5.74) is 5.57. The van der Waals surface area contributed by atoms with E-state index in [1.807, 2.05) is 6.92 Å². The Hall–Kier alpha value is -0.650. The highest BCUT2D eigenvalue weighted by atomic mass is 16.5. The summed E-state index contributed by atoms with van der Waals surface area (Å²) >= 11 is 0. The first kappa shape index (κ1) is 16.4. The highest BCUT2D eigenvalue weighted by Gasteiger charge is 2.02. The number of nitrogens with two attached hydrogens (primary N) is 1. The molecule has 0 bridgehead atoms. The van der Waals surface area contributed by atoms with E-state index in [4.69, 9.17) is 15.2 Å². The number of methoxy groups -OCH3 is 1. The summed E-state index contributed by atoms with van der Waals surface area (Å²) in [5, 5.41) is 2.87. The molecule has 0 aliphatic heterocycles. The highest BCUT2D eigenvalue weighted by molar-refractivity contribution is 5.75. The third-order valence-electron chi connectivity index (χ3n) is 2.30. The Labute approximate surface area is 104 Å². The number of carbonyl (C=O) groups excluding carboxylic acids is 1. The van der Waals surface area contributed by atoms with Gasteiger partial charge in [-0.05, 0) is 26.2 Å². The van der Waals surface area contributed by atoms with Crippen molar-refractivity contribution < 1.29 is 14.3 Å². The zero-order chi connectivity index (χ0) is 12.9. The quantitative estimate of drug-likeness (QED) is 0.526. The van der Waals surface area contributed by atoms with Crippen molar-refractivity contribution in [2.24, 2.45) is 5.73 Å². The predicted octanol–water partition coefficient (Wildman–Crippen LogP) is 0.673. The summed E-state index contributed by atoms with van der Waals surface area (Å²) in [6.07, 6.45) is 3.15. The lowest BCUT2D eigenvalue weighted by atomic mass is 10.2. The normalized spacial score (nSPS) is 12.4. The Bertz CT molecular complexity index is 187. The zero-order valence-electron chi connectivity index (χ0n) is 11.0. The van der Waals surface area contributed by atoms with Crippen molar-refractivity contribution in [3.05, 3.63) is 0 Å². The molecule has 0 fully saturated rings. The average Bonchev–Trinajstić information content (AvgIpc) is 2.30. The Balaban J connectivity index is 3.14. The molecule has 0 aliphatic carbocycles. The first-order valence-corrected chi connectivity index (χ1v) is 6.25. The second-order valence-electron chi connectivity index (χ2n) is 4.18. The summed E-state index contributed by atoms with van der Waals surface area (Å²) in [6, 6.07) is 0.0925. The SMILES string of the molecule is COCCOCCCCNC(=O)CCC(C)N. The Kier molecular flexibility index (Phi) is 11.4. The van der Waals surface area contributed by atoms with Gasteiger partial charge in [-0.1, -0.05) is 0 Å². The first-order chi connectivity index (χ1) is 8.16. The number of rotatable bonds is 11. The third kappa shape index (κ3) is 13.3. The summed E-state index contributed by atoms with van der Waals surface area (Å²) in [4.78, 5) is 11.3. The van der Waals surface area contributed by atoms with Crippen LogP contribution in [0.1, 0.15) is 32.6 Å². The largest absolute Gasteiger partial charge is 0.382 e. The van der Waals surface area contributed by atoms with E-state index in [0.717, 1.165) is 25.9 Å². The second-order valence-corrected chi connectivity index (χ2v) is 4.18. The fourth-order valence-electron chi connectivity index (χ4n) is 1.25. The van der Waals surface area contributed by atoms with E-state index in [1.165, 1.54) is 0 Å². The number of nitrogens with one attached hydrogen (secondary N) is 1. The van der Waals surface area contributed by atoms with Gasteiger partial charge in [-0.3, -0.25) is 4.79 Å². The van der Waals surface area contributed by atoms with E-state index in [-0.39, 0.29) is 11.9 Å². The van der Waals surface area contributed by atoms with Crippen molar-refractivity contribution in [2.45, 2.75) is 38.6 Å². The standard InChI is InChI=1S/C12H26N2O3/c1-11(13)5-6-12(15)14-7-3-4-8-17-10-9-16-2/h11H,3-10,13H2,1-2H3,(H,14,15). The molecule has 102 valence electrons. The number of carbonyl (C=O) groups is 1. The van der Waals surface area contributed by atoms with Crippen LogP contribution in [0.4, 0.5) is 0 Å². The summed E-state index contributed by atoms with van der Waals surface area (Å²) < 4.78 is 10.2. The number of unbranched alkanes of at least 4 members (excludes halogenated alkanes) is 1. The van der Waals surface area contributed by atoms with Gasteiger partial charge in [0.1, 0.15) is 0 Å². The van der Waals surface area contributed by atoms with E-state index < -0.39 is 0 Å². The maximum atomic E-state index is 11.3. The molecule has 1 atom stereocenters. The number of hydrogen-bond donors (Lipinski definition) is 2. The predicted molar refractivity (Wildman–Crippen MR) is 67.8 cm³/mol. The molecule has 0 spiro atoms. The van der Waals surface area contributed by atoms with Crippen molar-refractivity contribution in [2.75, 3.05) is 33.5 Å². The van der Waals surface area contributed by atoms with Crippen LogP contribution >= 0.6 is 0 Å². The van der Waals surface area contributed by atoms with Gasteiger partial charge in [0.25, 0.3) is 0 Å². The van der Waals surface area contributed by atoms with Crippen molar-refractivity contribution in [3.63, 3.8) is 0 Å². The fourth-order valence-corrected chi connectivity index (χ4v) is 1.25. The van der Waals surface area contributed by atoms with Crippen LogP contribution in [0.25, 0.3) is 0 Å². The molecule has 1 amide bonds. The van der Waals surface area contributed by atoms with Crippen LogP contribution in [0.5, 0.6) is 0 Å². The van der Waals surface area contributed by atoms with Gasteiger partial charge in [0.2, 0.25) is 5.91 Å². The molecule has 0 aromatic heterocycles. The molecule has 0 aromatic rings. The number of amides is 1. The monoisotopic (exact) mass is 246 g/mol. The summed E-state index contributed by atoms with van der Waals surface area (Å²) in [5.74, 6) is 0.0857. The average molecular weight is 246 g/mol. The van der Waals surface area contributed by atoms with E-state index in [0.29, 0.717) is 26.2 Å². The lowest BCUT2D eigenvalue weighted by Crippen LogP contribution is -2.26. The second kappa shape index (κ2) is 11.8. The van der Waals surface area contributed by atoms with Crippen LogP contribution in [-0.4, -0.2) is 45.4 Å². The van der Waals surface area contributed by atoms with Crippen LogP contribution in [-0.2, 0) is 14.3 Å². The van der Waals surface area contributed by atoms with Crippen LogP contribution in [0.2, 0.25) is 0 Å². The first-order valence-electron chi connectivity index (χ1n) is 6.25. The van der Waals surface area contributed by atoms with Gasteiger partial charge < -0.3 is 20.5 Å². The maximum absolute atomic E-state index is 11.3. The molecule has 5 nitrogen and oxygen atoms in total. The minimum absolute atomic E-state index is 0.0857. The molecule has 0 heterocycles. The molecule has 3 N–H and O–H groups in total. The van der Waals surface area contributed by atoms with Gasteiger partial charge in [0.05, 0.1) is 13.2 Å². The van der Waals surface area contributed by atoms with Gasteiger partial charge in [0.15, 0.2) is 0 Å². The van der Waals surface area contributed by atoms with Crippen LogP contribution in [0.15, 0.2) is 0 Å². The molecule has 0 saturated carbocycles. The van der Waals surface area contributed by atoms with Gasteiger partial charge in [-0.15, -0.1) is 0 Å². The Morgan fingerprint density at radius 2 is 2.06 bits per heavy atom.